The van der Waals surface area contributed by atoms with E-state index in [1.807, 2.05) is 0 Å². The molecule has 25 heavy (non-hydrogen) atoms. The number of fused-ring (bicyclic) bond motifs is 2. The first-order valence-electron chi connectivity index (χ1n) is 9.52. The first-order valence-corrected chi connectivity index (χ1v) is 9.52. The molecule has 3 unspecified atom stereocenters. The van der Waals surface area contributed by atoms with Gasteiger partial charge in [0.05, 0.1) is 5.69 Å². The first kappa shape index (κ1) is 15.1. The van der Waals surface area contributed by atoms with Crippen molar-refractivity contribution >= 4 is 11.8 Å². The summed E-state index contributed by atoms with van der Waals surface area (Å²) < 4.78 is 0. The monoisotopic (exact) mass is 335 g/mol. The molecule has 0 bridgehead atoms. The Morgan fingerprint density at radius 2 is 1.96 bits per heavy atom. The van der Waals surface area contributed by atoms with E-state index in [1.54, 1.807) is 0 Å². The molecule has 2 fully saturated rings. The largest absolute Gasteiger partial charge is 0.368 e. The van der Waals surface area contributed by atoms with Crippen molar-refractivity contribution < 1.29 is 0 Å². The van der Waals surface area contributed by atoms with Crippen molar-refractivity contribution in [1.82, 2.24) is 15.3 Å². The summed E-state index contributed by atoms with van der Waals surface area (Å²) in [4.78, 5) is 11.9. The van der Waals surface area contributed by atoms with Crippen LogP contribution in [0.1, 0.15) is 48.4 Å². The van der Waals surface area contributed by atoms with Crippen molar-refractivity contribution in [3.8, 4) is 0 Å². The Balaban J connectivity index is 1.59. The van der Waals surface area contributed by atoms with Gasteiger partial charge in [-0.2, -0.15) is 4.98 Å². The summed E-state index contributed by atoms with van der Waals surface area (Å²) in [6, 6.07) is 11.9. The Hall–Kier alpha value is -2.14. The van der Waals surface area contributed by atoms with E-state index in [1.165, 1.54) is 30.4 Å². The van der Waals surface area contributed by atoms with E-state index in [0.717, 1.165) is 37.4 Å². The molecular weight excluding hydrogens is 310 g/mol. The maximum atomic E-state index is 6.16. The van der Waals surface area contributed by atoms with E-state index in [9.17, 15) is 0 Å². The molecule has 2 aromatic rings. The molecule has 3 N–H and O–H groups in total. The quantitative estimate of drug-likeness (QED) is 0.882. The van der Waals surface area contributed by atoms with Crippen LogP contribution in [0.15, 0.2) is 30.3 Å². The fourth-order valence-corrected chi connectivity index (χ4v) is 5.03. The lowest BCUT2D eigenvalue weighted by molar-refractivity contribution is 0.582. The fraction of sp³-hybridized carbons (Fsp3) is 0.500. The van der Waals surface area contributed by atoms with Gasteiger partial charge >= 0.3 is 0 Å². The smallest absolute Gasteiger partial charge is 0.222 e. The third-order valence-electron chi connectivity index (χ3n) is 6.15. The van der Waals surface area contributed by atoms with Crippen LogP contribution in [-0.4, -0.2) is 35.1 Å². The third kappa shape index (κ3) is 2.49. The molecule has 0 spiro atoms. The summed E-state index contributed by atoms with van der Waals surface area (Å²) in [7, 11) is 0. The molecule has 3 aliphatic rings. The Morgan fingerprint density at radius 1 is 1.08 bits per heavy atom. The van der Waals surface area contributed by atoms with Gasteiger partial charge in [0.15, 0.2) is 0 Å². The maximum Gasteiger partial charge on any atom is 0.222 e. The van der Waals surface area contributed by atoms with Crippen molar-refractivity contribution in [3.05, 3.63) is 47.2 Å². The van der Waals surface area contributed by atoms with Crippen LogP contribution in [0.3, 0.4) is 0 Å². The van der Waals surface area contributed by atoms with Gasteiger partial charge in [-0.05, 0) is 44.2 Å². The van der Waals surface area contributed by atoms with Crippen LogP contribution in [0.5, 0.6) is 0 Å². The minimum absolute atomic E-state index is 0.342. The molecule has 5 heteroatoms. The topological polar surface area (TPSA) is 67.1 Å². The lowest BCUT2D eigenvalue weighted by atomic mass is 9.82. The van der Waals surface area contributed by atoms with Crippen LogP contribution < -0.4 is 16.0 Å². The lowest BCUT2D eigenvalue weighted by Crippen LogP contribution is -2.36. The zero-order chi connectivity index (χ0) is 16.8. The van der Waals surface area contributed by atoms with E-state index in [4.69, 9.17) is 15.7 Å². The highest BCUT2D eigenvalue weighted by Crippen LogP contribution is 2.41. The molecule has 0 radical (unpaired) electrons. The van der Waals surface area contributed by atoms with Crippen molar-refractivity contribution in [2.45, 2.75) is 50.1 Å². The number of aromatic nitrogens is 2. The highest BCUT2D eigenvalue weighted by Gasteiger charge is 2.40. The molecule has 5 nitrogen and oxygen atoms in total. The Labute approximate surface area is 148 Å². The number of nitrogens with two attached hydrogens (primary N) is 1. The number of hydrogen-bond donors (Lipinski definition) is 2. The molecule has 3 atom stereocenters. The number of rotatable bonds is 2. The molecule has 0 amide bonds. The number of nitrogen functional groups attached to an aromatic ring is 1. The van der Waals surface area contributed by atoms with Crippen molar-refractivity contribution in [1.29, 1.82) is 0 Å². The molecule has 1 aromatic carbocycles. The average molecular weight is 335 g/mol. The van der Waals surface area contributed by atoms with Gasteiger partial charge in [-0.25, -0.2) is 4.98 Å². The van der Waals surface area contributed by atoms with E-state index in [-0.39, 0.29) is 0 Å². The van der Waals surface area contributed by atoms with Crippen LogP contribution >= 0.6 is 0 Å². The SMILES string of the molecule is Nc1nc2c(c(N3CCC4NCCC43)n1)CCCC2c1ccccc1. The van der Waals surface area contributed by atoms with E-state index < -0.39 is 0 Å². The fourth-order valence-electron chi connectivity index (χ4n) is 5.03. The summed E-state index contributed by atoms with van der Waals surface area (Å²) in [6.07, 6.45) is 5.79. The molecule has 130 valence electrons. The Kier molecular flexibility index (Phi) is 3.63. The highest BCUT2D eigenvalue weighted by molar-refractivity contribution is 5.57. The Morgan fingerprint density at radius 3 is 2.84 bits per heavy atom. The molecule has 1 aromatic heterocycles. The number of anilines is 2. The van der Waals surface area contributed by atoms with Crippen LogP contribution in [-0.2, 0) is 6.42 Å². The summed E-state index contributed by atoms with van der Waals surface area (Å²) in [5, 5.41) is 3.63. The van der Waals surface area contributed by atoms with Crippen LogP contribution in [0, 0.1) is 0 Å². The van der Waals surface area contributed by atoms with Gasteiger partial charge in [0.25, 0.3) is 0 Å². The number of nitrogens with zero attached hydrogens (tertiary/aromatic N) is 3. The van der Waals surface area contributed by atoms with Gasteiger partial charge in [0.1, 0.15) is 5.82 Å². The molecular formula is C20H25N5. The molecule has 2 saturated heterocycles. The van der Waals surface area contributed by atoms with Gasteiger partial charge in [-0.15, -0.1) is 0 Å². The van der Waals surface area contributed by atoms with Gasteiger partial charge < -0.3 is 16.0 Å². The van der Waals surface area contributed by atoms with Gasteiger partial charge in [-0.3, -0.25) is 0 Å². The predicted octanol–water partition coefficient (Wildman–Crippen LogP) is 2.47. The second-order valence-electron chi connectivity index (χ2n) is 7.52. The molecule has 3 heterocycles. The predicted molar refractivity (Wildman–Crippen MR) is 99.8 cm³/mol. The number of hydrogen-bond acceptors (Lipinski definition) is 5. The van der Waals surface area contributed by atoms with Gasteiger partial charge in [0, 0.05) is 30.1 Å². The maximum absolute atomic E-state index is 6.16. The molecule has 2 aliphatic heterocycles. The molecule has 1 aliphatic carbocycles. The second-order valence-corrected chi connectivity index (χ2v) is 7.52. The Bertz CT molecular complexity index is 775. The standard InChI is InChI=1S/C20H25N5/c21-20-23-18-14(13-5-2-1-3-6-13)7-4-8-15(18)19(24-20)25-12-10-16-17(25)9-11-22-16/h1-3,5-6,14,16-17,22H,4,7-12H2,(H2,21,23,24). The van der Waals surface area contributed by atoms with Crippen LogP contribution in [0.2, 0.25) is 0 Å². The molecule has 5 rings (SSSR count). The van der Waals surface area contributed by atoms with Crippen molar-refractivity contribution in [2.24, 2.45) is 0 Å². The highest BCUT2D eigenvalue weighted by atomic mass is 15.3. The lowest BCUT2D eigenvalue weighted by Gasteiger charge is -2.32. The average Bonchev–Trinajstić information content (AvgIpc) is 3.25. The van der Waals surface area contributed by atoms with E-state index >= 15 is 0 Å². The van der Waals surface area contributed by atoms with E-state index in [2.05, 4.69) is 40.5 Å². The van der Waals surface area contributed by atoms with E-state index in [0.29, 0.717) is 23.9 Å². The summed E-state index contributed by atoms with van der Waals surface area (Å²) >= 11 is 0. The minimum Gasteiger partial charge on any atom is -0.368 e. The number of benzene rings is 1. The van der Waals surface area contributed by atoms with Crippen LogP contribution in [0.25, 0.3) is 0 Å². The van der Waals surface area contributed by atoms with Crippen molar-refractivity contribution in [2.75, 3.05) is 23.7 Å². The third-order valence-corrected chi connectivity index (χ3v) is 6.15. The van der Waals surface area contributed by atoms with Gasteiger partial charge in [-0.1, -0.05) is 30.3 Å². The van der Waals surface area contributed by atoms with Crippen molar-refractivity contribution in [3.63, 3.8) is 0 Å². The normalized spacial score (nSPS) is 28.0. The van der Waals surface area contributed by atoms with Crippen LogP contribution in [0.4, 0.5) is 11.8 Å². The zero-order valence-electron chi connectivity index (χ0n) is 14.5. The second kappa shape index (κ2) is 5.99. The first-order chi connectivity index (χ1) is 12.3. The number of nitrogens with one attached hydrogen (secondary N) is 1. The van der Waals surface area contributed by atoms with Gasteiger partial charge in [0.2, 0.25) is 5.95 Å². The summed E-state index contributed by atoms with van der Waals surface area (Å²) in [5.74, 6) is 1.87. The summed E-state index contributed by atoms with van der Waals surface area (Å²) in [6.45, 7) is 2.18. The molecule has 0 saturated carbocycles. The minimum atomic E-state index is 0.342. The summed E-state index contributed by atoms with van der Waals surface area (Å²) in [5.41, 5.74) is 10.0. The zero-order valence-corrected chi connectivity index (χ0v) is 14.5.